The van der Waals surface area contributed by atoms with E-state index in [1.807, 2.05) is 30.5 Å². The Morgan fingerprint density at radius 3 is 2.05 bits per heavy atom. The van der Waals surface area contributed by atoms with E-state index in [0.717, 1.165) is 50.0 Å². The molecule has 5 nitrogen and oxygen atoms in total. The number of fused-ring (bicyclic) bond motifs is 7. The van der Waals surface area contributed by atoms with E-state index in [0.29, 0.717) is 11.5 Å². The molecule has 288 valence electrons. The Hall–Kier alpha value is -6.55. The first kappa shape index (κ1) is 36.8. The number of rotatable bonds is 6. The Balaban J connectivity index is 0.00000420. The number of imidazole rings is 1. The van der Waals surface area contributed by atoms with Crippen molar-refractivity contribution in [1.82, 2.24) is 14.1 Å². The van der Waals surface area contributed by atoms with Crippen LogP contribution in [0.3, 0.4) is 0 Å². The average Bonchev–Trinajstić information content (AvgIpc) is 3.92. The van der Waals surface area contributed by atoms with Gasteiger partial charge in [-0.15, -0.1) is 29.7 Å². The molecule has 3 heterocycles. The topological polar surface area (TPSA) is 35.9 Å². The summed E-state index contributed by atoms with van der Waals surface area (Å²) in [5.41, 5.74) is 13.6. The maximum atomic E-state index is 6.59. The van der Waals surface area contributed by atoms with Gasteiger partial charge in [-0.2, -0.15) is 18.2 Å². The van der Waals surface area contributed by atoms with Crippen LogP contribution in [0.1, 0.15) is 48.9 Å². The molecule has 0 saturated heterocycles. The van der Waals surface area contributed by atoms with Crippen molar-refractivity contribution in [2.24, 2.45) is 0 Å². The van der Waals surface area contributed by atoms with Gasteiger partial charge in [0.25, 0.3) is 6.33 Å². The number of benzene rings is 7. The molecule has 6 heteroatoms. The second kappa shape index (κ2) is 14.4. The summed E-state index contributed by atoms with van der Waals surface area (Å²) in [5, 5.41) is 2.23. The van der Waals surface area contributed by atoms with Crippen LogP contribution in [-0.2, 0) is 26.5 Å². The second-order valence-electron chi connectivity index (χ2n) is 16.0. The summed E-state index contributed by atoms with van der Waals surface area (Å²) in [6.07, 6.45) is 5.63. The molecule has 1 aliphatic carbocycles. The van der Waals surface area contributed by atoms with Gasteiger partial charge in [0.1, 0.15) is 5.82 Å². The molecule has 0 amide bonds. The standard InChI is InChI=1S/C53H38N4O.Pt/c1-53(2,3)35-29-30-54-51(31-35)57-47-24-11-8-19-41(47)42-28-27-38(33-50(42)57)58-37-16-14-15-36(32-37)55-34-56(49-26-13-12-25-48(49)55)46-23-10-9-22-45(46)52-43-20-6-4-17-39(43)40-18-5-7-21-44(40)52;/h4-31,52H,1-3H3;/q-2;. The third-order valence-electron chi connectivity index (χ3n) is 11.5. The monoisotopic (exact) mass is 941 g/mol. The minimum atomic E-state index is -0.0190. The molecule has 11 rings (SSSR count). The van der Waals surface area contributed by atoms with Crippen LogP contribution in [0.15, 0.2) is 170 Å². The van der Waals surface area contributed by atoms with Crippen LogP contribution in [-0.4, -0.2) is 14.1 Å². The molecule has 0 fully saturated rings. The Morgan fingerprint density at radius 1 is 0.610 bits per heavy atom. The van der Waals surface area contributed by atoms with E-state index in [-0.39, 0.29) is 32.4 Å². The number of nitrogens with zero attached hydrogens (tertiary/aromatic N) is 4. The van der Waals surface area contributed by atoms with E-state index in [2.05, 4.69) is 192 Å². The molecule has 1 aliphatic rings. The molecule has 0 spiro atoms. The summed E-state index contributed by atoms with van der Waals surface area (Å²) < 4.78 is 13.0. The minimum absolute atomic E-state index is 0. The normalized spacial score (nSPS) is 12.5. The molecule has 3 aromatic heterocycles. The van der Waals surface area contributed by atoms with Crippen molar-refractivity contribution >= 4 is 32.8 Å². The summed E-state index contributed by atoms with van der Waals surface area (Å²) >= 11 is 0. The molecule has 0 bridgehead atoms. The third-order valence-corrected chi connectivity index (χ3v) is 11.5. The van der Waals surface area contributed by atoms with E-state index in [1.165, 1.54) is 33.4 Å². The summed E-state index contributed by atoms with van der Waals surface area (Å²) in [5.74, 6) is 2.13. The van der Waals surface area contributed by atoms with Gasteiger partial charge in [0, 0.05) is 50.2 Å². The number of hydrogen-bond acceptors (Lipinski definition) is 2. The van der Waals surface area contributed by atoms with E-state index in [9.17, 15) is 0 Å². The van der Waals surface area contributed by atoms with Crippen molar-refractivity contribution in [3.63, 3.8) is 0 Å². The molecule has 10 aromatic rings. The fourth-order valence-electron chi connectivity index (χ4n) is 8.77. The number of pyridine rings is 1. The average molecular weight is 942 g/mol. The van der Waals surface area contributed by atoms with Crippen LogP contribution >= 0.6 is 0 Å². The molecule has 0 radical (unpaired) electrons. The number of ether oxygens (including phenoxy) is 1. The first-order chi connectivity index (χ1) is 28.4. The van der Waals surface area contributed by atoms with Crippen molar-refractivity contribution < 1.29 is 30.4 Å². The first-order valence-electron chi connectivity index (χ1n) is 19.8. The first-order valence-corrected chi connectivity index (χ1v) is 19.8. The number of hydrogen-bond donors (Lipinski definition) is 0. The largest absolute Gasteiger partial charge is 0.510 e. The molecule has 0 unspecified atom stereocenters. The van der Waals surface area contributed by atoms with Crippen LogP contribution < -0.4 is 9.30 Å². The van der Waals surface area contributed by atoms with Gasteiger partial charge in [-0.3, -0.25) is 4.57 Å². The van der Waals surface area contributed by atoms with Crippen LogP contribution in [0.2, 0.25) is 0 Å². The van der Waals surface area contributed by atoms with Crippen molar-refractivity contribution in [3.8, 4) is 39.8 Å². The Kier molecular flexibility index (Phi) is 8.96. The van der Waals surface area contributed by atoms with Crippen LogP contribution in [0, 0.1) is 18.5 Å². The van der Waals surface area contributed by atoms with Crippen LogP contribution in [0.25, 0.3) is 61.2 Å². The molecular weight excluding hydrogens is 904 g/mol. The summed E-state index contributed by atoms with van der Waals surface area (Å²) in [6.45, 7) is 6.67. The van der Waals surface area contributed by atoms with Gasteiger partial charge in [-0.25, -0.2) is 4.98 Å². The van der Waals surface area contributed by atoms with Crippen LogP contribution in [0.4, 0.5) is 0 Å². The molecule has 0 aliphatic heterocycles. The zero-order chi connectivity index (χ0) is 39.0. The summed E-state index contributed by atoms with van der Waals surface area (Å²) in [4.78, 5) is 4.84. The quantitative estimate of drug-likeness (QED) is 0.123. The van der Waals surface area contributed by atoms with E-state index >= 15 is 0 Å². The minimum Gasteiger partial charge on any atom is -0.510 e. The van der Waals surface area contributed by atoms with Crippen molar-refractivity contribution in [2.45, 2.75) is 32.1 Å². The number of aromatic nitrogens is 4. The maximum Gasteiger partial charge on any atom is 0.268 e. The predicted molar refractivity (Wildman–Crippen MR) is 231 cm³/mol. The molecule has 59 heavy (non-hydrogen) atoms. The van der Waals surface area contributed by atoms with Crippen molar-refractivity contribution in [2.75, 3.05) is 0 Å². The Morgan fingerprint density at radius 2 is 1.27 bits per heavy atom. The van der Waals surface area contributed by atoms with Gasteiger partial charge >= 0.3 is 0 Å². The molecule has 0 saturated carbocycles. The zero-order valence-electron chi connectivity index (χ0n) is 32.8. The van der Waals surface area contributed by atoms with Gasteiger partial charge in [-0.05, 0) is 74.1 Å². The Bertz CT molecular complexity index is 3180. The van der Waals surface area contributed by atoms with Crippen molar-refractivity contribution in [3.05, 3.63) is 211 Å². The molecule has 0 N–H and O–H groups in total. The van der Waals surface area contributed by atoms with E-state index < -0.39 is 0 Å². The molecule has 0 atom stereocenters. The smallest absolute Gasteiger partial charge is 0.268 e. The fourth-order valence-corrected chi connectivity index (χ4v) is 8.77. The van der Waals surface area contributed by atoms with E-state index in [4.69, 9.17) is 9.72 Å². The van der Waals surface area contributed by atoms with Crippen LogP contribution in [0.5, 0.6) is 11.5 Å². The Labute approximate surface area is 358 Å². The van der Waals surface area contributed by atoms with Gasteiger partial charge in [0.15, 0.2) is 0 Å². The zero-order valence-corrected chi connectivity index (χ0v) is 35.0. The predicted octanol–water partition coefficient (Wildman–Crippen LogP) is 12.0. The fraction of sp³-hybridized carbons (Fsp3) is 0.0943. The van der Waals surface area contributed by atoms with Gasteiger partial charge in [0.05, 0.1) is 16.7 Å². The maximum absolute atomic E-state index is 6.59. The number of para-hydroxylation sites is 4. The molecular formula is C53H38N4OPt-2. The van der Waals surface area contributed by atoms with Gasteiger partial charge in [0.2, 0.25) is 0 Å². The van der Waals surface area contributed by atoms with Crippen molar-refractivity contribution in [1.29, 1.82) is 0 Å². The van der Waals surface area contributed by atoms with Gasteiger partial charge in [-0.1, -0.05) is 135 Å². The van der Waals surface area contributed by atoms with Gasteiger partial charge < -0.3 is 13.9 Å². The third kappa shape index (κ3) is 6.11. The molecule has 7 aromatic carbocycles. The second-order valence-corrected chi connectivity index (χ2v) is 16.0. The summed E-state index contributed by atoms with van der Waals surface area (Å²) in [7, 11) is 0. The van der Waals surface area contributed by atoms with E-state index in [1.54, 1.807) is 0 Å². The SMILES string of the molecule is CC(C)(C)c1ccnc(-n2c3[c-]c(Oc4[c-]c(-n5[c-][n+](-c6ccccc6C6c7ccccc7-c7ccccc76)c6ccccc65)ccc4)ccc3c3ccccc32)c1.[Pt]. The summed E-state index contributed by atoms with van der Waals surface area (Å²) in [6, 6.07) is 64.7.